The molecule has 2 saturated heterocycles. The monoisotopic (exact) mass is 487 g/mol. The summed E-state index contributed by atoms with van der Waals surface area (Å²) in [7, 11) is 1.91. The van der Waals surface area contributed by atoms with E-state index in [1.54, 1.807) is 0 Å². The van der Waals surface area contributed by atoms with E-state index in [1.807, 2.05) is 11.9 Å². The Bertz CT molecular complexity index is 957. The van der Waals surface area contributed by atoms with Crippen molar-refractivity contribution in [1.29, 1.82) is 0 Å². The molecule has 5 atom stereocenters. The van der Waals surface area contributed by atoms with E-state index in [-0.39, 0.29) is 23.6 Å². The van der Waals surface area contributed by atoms with Crippen molar-refractivity contribution in [1.82, 2.24) is 25.3 Å². The first-order valence-electron chi connectivity index (χ1n) is 13.5. The average molecular weight is 488 g/mol. The van der Waals surface area contributed by atoms with Gasteiger partial charge in [0.1, 0.15) is 6.10 Å². The molecule has 194 valence electrons. The summed E-state index contributed by atoms with van der Waals surface area (Å²) in [5.41, 5.74) is 4.19. The second-order valence-corrected chi connectivity index (χ2v) is 12.1. The van der Waals surface area contributed by atoms with Crippen LogP contribution in [-0.2, 0) is 28.1 Å². The maximum atomic E-state index is 13.0. The van der Waals surface area contributed by atoms with Crippen LogP contribution in [0.3, 0.4) is 0 Å². The first-order valence-corrected chi connectivity index (χ1v) is 13.5. The van der Waals surface area contributed by atoms with Gasteiger partial charge in [-0.25, -0.2) is 0 Å². The lowest BCUT2D eigenvalue weighted by Gasteiger charge is -2.36. The molecule has 35 heavy (non-hydrogen) atoms. The number of nitrogens with one attached hydrogen (secondary N) is 2. The van der Waals surface area contributed by atoms with E-state index in [2.05, 4.69) is 53.2 Å². The number of aromatic nitrogens is 2. The molecule has 8 heteroatoms. The van der Waals surface area contributed by atoms with Crippen molar-refractivity contribution in [2.45, 2.75) is 95.9 Å². The number of hydrogen-bond acceptors (Lipinski definition) is 5. The number of aromatic amines is 1. The highest BCUT2D eigenvalue weighted by atomic mass is 19.3. The molecule has 1 aromatic rings. The van der Waals surface area contributed by atoms with Gasteiger partial charge in [0.15, 0.2) is 0 Å². The van der Waals surface area contributed by atoms with Crippen molar-refractivity contribution in [2.75, 3.05) is 26.7 Å². The molecular formula is C27H42FN5O2. The maximum Gasteiger partial charge on any atom is 0.236 e. The SMILES string of the molecule is CCC1(C)CCc2c([C@@]3(C)CC4C=CC(N(C)C(=O)CN5CCC(OF)CC5)CC4N3)n[nH]c2C1. The van der Waals surface area contributed by atoms with E-state index in [0.29, 0.717) is 49.9 Å². The number of likely N-dealkylation sites (tertiary alicyclic amines) is 1. The third-order valence-electron chi connectivity index (χ3n) is 9.56. The highest BCUT2D eigenvalue weighted by molar-refractivity contribution is 5.78. The van der Waals surface area contributed by atoms with E-state index < -0.39 is 0 Å². The Labute approximate surface area is 208 Å². The molecule has 4 aliphatic rings. The summed E-state index contributed by atoms with van der Waals surface area (Å²) < 4.78 is 12.4. The van der Waals surface area contributed by atoms with Crippen molar-refractivity contribution >= 4 is 5.91 Å². The fourth-order valence-corrected chi connectivity index (χ4v) is 6.85. The van der Waals surface area contributed by atoms with E-state index in [1.165, 1.54) is 29.8 Å². The molecule has 2 N–H and O–H groups in total. The van der Waals surface area contributed by atoms with Crippen molar-refractivity contribution < 1.29 is 14.3 Å². The molecule has 7 nitrogen and oxygen atoms in total. The van der Waals surface area contributed by atoms with Crippen LogP contribution in [0.25, 0.3) is 0 Å². The highest BCUT2D eigenvalue weighted by Gasteiger charge is 2.47. The molecular weight excluding hydrogens is 445 g/mol. The summed E-state index contributed by atoms with van der Waals surface area (Å²) in [5, 5.41) is 12.2. The molecule has 2 aliphatic heterocycles. The predicted octanol–water partition coefficient (Wildman–Crippen LogP) is 3.66. The molecule has 3 heterocycles. The van der Waals surface area contributed by atoms with Gasteiger partial charge < -0.3 is 10.2 Å². The van der Waals surface area contributed by atoms with Gasteiger partial charge in [0, 0.05) is 31.9 Å². The predicted molar refractivity (Wildman–Crippen MR) is 133 cm³/mol. The van der Waals surface area contributed by atoms with Gasteiger partial charge in [-0.2, -0.15) is 10.0 Å². The van der Waals surface area contributed by atoms with Crippen LogP contribution in [0.5, 0.6) is 0 Å². The maximum absolute atomic E-state index is 13.0. The molecule has 1 amide bonds. The van der Waals surface area contributed by atoms with E-state index >= 15 is 0 Å². The Hall–Kier alpha value is -1.77. The number of carbonyl (C=O) groups is 1. The van der Waals surface area contributed by atoms with Crippen LogP contribution < -0.4 is 5.32 Å². The molecule has 2 aliphatic carbocycles. The number of fused-ring (bicyclic) bond motifs is 2. The number of halogens is 1. The lowest BCUT2D eigenvalue weighted by Crippen LogP contribution is -2.49. The smallest absolute Gasteiger partial charge is 0.236 e. The Morgan fingerprint density at radius 3 is 2.80 bits per heavy atom. The van der Waals surface area contributed by atoms with Crippen LogP contribution in [0.1, 0.15) is 76.2 Å². The fourth-order valence-electron chi connectivity index (χ4n) is 6.85. The van der Waals surface area contributed by atoms with Gasteiger partial charge in [0.2, 0.25) is 5.91 Å². The molecule has 5 rings (SSSR count). The normalized spacial score (nSPS) is 35.6. The quantitative estimate of drug-likeness (QED) is 0.599. The number of amides is 1. The Morgan fingerprint density at radius 1 is 1.31 bits per heavy atom. The highest BCUT2D eigenvalue weighted by Crippen LogP contribution is 2.45. The van der Waals surface area contributed by atoms with Crippen LogP contribution in [0.4, 0.5) is 4.53 Å². The summed E-state index contributed by atoms with van der Waals surface area (Å²) in [6.45, 7) is 8.77. The Kier molecular flexibility index (Phi) is 6.83. The van der Waals surface area contributed by atoms with Crippen molar-refractivity contribution in [3.05, 3.63) is 29.1 Å². The first-order chi connectivity index (χ1) is 16.7. The lowest BCUT2D eigenvalue weighted by molar-refractivity contribution is -0.191. The van der Waals surface area contributed by atoms with Gasteiger partial charge in [0.25, 0.3) is 0 Å². The lowest BCUT2D eigenvalue weighted by atomic mass is 9.72. The summed E-state index contributed by atoms with van der Waals surface area (Å²) in [6.07, 6.45) is 12.0. The number of likely N-dealkylation sites (N-methyl/N-ethyl adjacent to an activating group) is 1. The second kappa shape index (κ2) is 9.60. The van der Waals surface area contributed by atoms with Gasteiger partial charge in [-0.15, -0.1) is 0 Å². The molecule has 0 spiro atoms. The molecule has 0 bridgehead atoms. The van der Waals surface area contributed by atoms with Gasteiger partial charge in [-0.1, -0.05) is 32.4 Å². The largest absolute Gasteiger partial charge is 0.338 e. The summed E-state index contributed by atoms with van der Waals surface area (Å²) >= 11 is 0. The summed E-state index contributed by atoms with van der Waals surface area (Å²) in [6, 6.07) is 0.420. The van der Waals surface area contributed by atoms with Crippen LogP contribution in [0.2, 0.25) is 0 Å². The molecule has 0 saturated carbocycles. The third-order valence-corrected chi connectivity index (χ3v) is 9.56. The molecule has 0 radical (unpaired) electrons. The molecule has 0 aromatic carbocycles. The zero-order valence-electron chi connectivity index (χ0n) is 21.8. The minimum atomic E-state index is -0.323. The van der Waals surface area contributed by atoms with Crippen LogP contribution >= 0.6 is 0 Å². The van der Waals surface area contributed by atoms with Crippen molar-refractivity contribution in [2.24, 2.45) is 11.3 Å². The summed E-state index contributed by atoms with van der Waals surface area (Å²) in [5.74, 6) is 0.579. The van der Waals surface area contributed by atoms with Gasteiger partial charge in [-0.05, 0) is 73.3 Å². The minimum Gasteiger partial charge on any atom is -0.338 e. The van der Waals surface area contributed by atoms with Crippen molar-refractivity contribution in [3.8, 4) is 0 Å². The average Bonchev–Trinajstić information content (AvgIpc) is 3.44. The van der Waals surface area contributed by atoms with Gasteiger partial charge >= 0.3 is 0 Å². The Morgan fingerprint density at radius 2 is 2.09 bits per heavy atom. The zero-order valence-corrected chi connectivity index (χ0v) is 21.8. The van der Waals surface area contributed by atoms with Gasteiger partial charge in [-0.3, -0.25) is 14.8 Å². The second-order valence-electron chi connectivity index (χ2n) is 12.1. The van der Waals surface area contributed by atoms with E-state index in [0.717, 1.165) is 25.7 Å². The van der Waals surface area contributed by atoms with Gasteiger partial charge in [0.05, 0.1) is 23.8 Å². The van der Waals surface area contributed by atoms with Crippen molar-refractivity contribution in [3.63, 3.8) is 0 Å². The standard InChI is InChI=1S/C27H42FN5O2/c1-5-26(2)11-8-21-23(16-26)30-31-25(21)27(3)15-18-6-7-19(14-22(18)29-27)32(4)24(34)17-33-12-9-20(35-28)10-13-33/h6-7,18-20,22,29H,5,8-17H2,1-4H3,(H,30,31)/t18?,19?,22?,26?,27-/m1/s1. The number of hydrogen-bond donors (Lipinski definition) is 2. The summed E-state index contributed by atoms with van der Waals surface area (Å²) in [4.78, 5) is 21.0. The van der Waals surface area contributed by atoms with Crippen LogP contribution in [-0.4, -0.2) is 70.8 Å². The molecule has 1 aromatic heterocycles. The minimum absolute atomic E-state index is 0.0867. The number of nitrogens with zero attached hydrogens (tertiary/aromatic N) is 3. The fraction of sp³-hybridized carbons (Fsp3) is 0.778. The topological polar surface area (TPSA) is 73.5 Å². The number of H-pyrrole nitrogens is 1. The zero-order chi connectivity index (χ0) is 24.8. The Balaban J connectivity index is 1.21. The molecule has 4 unspecified atom stereocenters. The number of rotatable bonds is 6. The van der Waals surface area contributed by atoms with Crippen LogP contribution in [0.15, 0.2) is 12.2 Å². The van der Waals surface area contributed by atoms with E-state index in [9.17, 15) is 9.32 Å². The van der Waals surface area contributed by atoms with E-state index in [4.69, 9.17) is 5.10 Å². The number of piperidine rings is 1. The first kappa shape index (κ1) is 24.9. The molecule has 2 fully saturated rings. The third kappa shape index (κ3) is 4.81. The number of carbonyl (C=O) groups excluding carboxylic acids is 1. The van der Waals surface area contributed by atoms with Crippen LogP contribution in [0, 0.1) is 11.3 Å².